The smallest absolute Gasteiger partial charge is 0.341 e. The number of nitrogens with zero attached hydrogens (tertiary/aromatic N) is 1. The molecule has 0 aromatic carbocycles. The van der Waals surface area contributed by atoms with Gasteiger partial charge in [-0.25, -0.2) is 4.79 Å². The fourth-order valence-corrected chi connectivity index (χ4v) is 4.97. The second kappa shape index (κ2) is 7.05. The van der Waals surface area contributed by atoms with Gasteiger partial charge < -0.3 is 15.4 Å². The number of hydrogen-bond acceptors (Lipinski definition) is 6. The van der Waals surface area contributed by atoms with Crippen LogP contribution in [0.3, 0.4) is 0 Å². The summed E-state index contributed by atoms with van der Waals surface area (Å²) in [5.74, 6) is -0.667. The van der Waals surface area contributed by atoms with E-state index >= 15 is 0 Å². The van der Waals surface area contributed by atoms with Gasteiger partial charge in [0.15, 0.2) is 0 Å². The predicted molar refractivity (Wildman–Crippen MR) is 106 cm³/mol. The first-order valence-electron chi connectivity index (χ1n) is 8.98. The van der Waals surface area contributed by atoms with Crippen molar-refractivity contribution >= 4 is 28.2 Å². The van der Waals surface area contributed by atoms with Crippen molar-refractivity contribution in [2.24, 2.45) is 0 Å². The van der Waals surface area contributed by atoms with E-state index in [1.54, 1.807) is 31.5 Å². The summed E-state index contributed by atoms with van der Waals surface area (Å²) in [5.41, 5.74) is 1.43. The molecule has 0 aliphatic carbocycles. The summed E-state index contributed by atoms with van der Waals surface area (Å²) < 4.78 is 5.30. The van der Waals surface area contributed by atoms with Gasteiger partial charge in [0.05, 0.1) is 12.2 Å². The first-order chi connectivity index (χ1) is 12.6. The highest BCUT2D eigenvalue weighted by molar-refractivity contribution is 7.17. The first kappa shape index (κ1) is 19.5. The minimum absolute atomic E-state index is 0.175. The number of anilines is 1. The van der Waals surface area contributed by atoms with Crippen molar-refractivity contribution < 1.29 is 14.3 Å². The number of ether oxygens (including phenoxy) is 1. The molecule has 1 aliphatic rings. The van der Waals surface area contributed by atoms with Crippen LogP contribution in [0, 0.1) is 0 Å². The minimum Gasteiger partial charge on any atom is -0.462 e. The standard InChI is InChI=1S/C20H25N3O3S/c1-6-26-18(25)14-13-11-19(2,3)23-20(4,5)15(13)27-17(14)22-16(24)12-7-9-21-10-8-12/h7-10,23H,6,11H2,1-5H3,(H,22,24). The van der Waals surface area contributed by atoms with E-state index in [1.807, 2.05) is 0 Å². The monoisotopic (exact) mass is 387 g/mol. The maximum atomic E-state index is 12.7. The van der Waals surface area contributed by atoms with Crippen LogP contribution in [0.25, 0.3) is 0 Å². The highest BCUT2D eigenvalue weighted by atomic mass is 32.1. The number of carbonyl (C=O) groups is 2. The molecule has 0 saturated heterocycles. The third kappa shape index (κ3) is 3.89. The van der Waals surface area contributed by atoms with E-state index in [-0.39, 0.29) is 23.6 Å². The number of pyridine rings is 1. The number of esters is 1. The molecule has 0 radical (unpaired) electrons. The van der Waals surface area contributed by atoms with Crippen LogP contribution in [0.1, 0.15) is 65.8 Å². The largest absolute Gasteiger partial charge is 0.462 e. The van der Waals surface area contributed by atoms with Crippen molar-refractivity contribution in [3.63, 3.8) is 0 Å². The lowest BCUT2D eigenvalue weighted by Gasteiger charge is -2.42. The number of hydrogen-bond donors (Lipinski definition) is 2. The molecule has 7 heteroatoms. The molecule has 3 rings (SSSR count). The molecular formula is C20H25N3O3S. The fraction of sp³-hybridized carbons (Fsp3) is 0.450. The van der Waals surface area contributed by atoms with Gasteiger partial charge in [-0.2, -0.15) is 0 Å². The lowest BCUT2D eigenvalue weighted by atomic mass is 9.81. The lowest BCUT2D eigenvalue weighted by Crippen LogP contribution is -2.55. The van der Waals surface area contributed by atoms with E-state index in [1.165, 1.54) is 11.3 Å². The maximum absolute atomic E-state index is 12.7. The maximum Gasteiger partial charge on any atom is 0.341 e. The quantitative estimate of drug-likeness (QED) is 0.782. The van der Waals surface area contributed by atoms with E-state index in [2.05, 4.69) is 43.3 Å². The summed E-state index contributed by atoms with van der Waals surface area (Å²) in [5, 5.41) is 7.07. The molecule has 2 aromatic rings. The van der Waals surface area contributed by atoms with Gasteiger partial charge in [-0.1, -0.05) is 0 Å². The van der Waals surface area contributed by atoms with E-state index < -0.39 is 5.97 Å². The second-order valence-electron chi connectivity index (χ2n) is 7.84. The molecule has 0 spiro atoms. The number of fused-ring (bicyclic) bond motifs is 1. The number of amides is 1. The normalized spacial score (nSPS) is 17.1. The van der Waals surface area contributed by atoms with Gasteiger partial charge in [0.2, 0.25) is 0 Å². The second-order valence-corrected chi connectivity index (χ2v) is 8.86. The highest BCUT2D eigenvalue weighted by Gasteiger charge is 2.42. The van der Waals surface area contributed by atoms with Gasteiger partial charge in [0.1, 0.15) is 5.00 Å². The number of thiophene rings is 1. The Bertz CT molecular complexity index is 872. The van der Waals surface area contributed by atoms with Gasteiger partial charge in [-0.15, -0.1) is 11.3 Å². The Morgan fingerprint density at radius 3 is 2.56 bits per heavy atom. The van der Waals surface area contributed by atoms with Crippen molar-refractivity contribution in [3.05, 3.63) is 46.1 Å². The number of rotatable bonds is 4. The molecule has 2 N–H and O–H groups in total. The van der Waals surface area contributed by atoms with Crippen molar-refractivity contribution in [3.8, 4) is 0 Å². The summed E-state index contributed by atoms with van der Waals surface area (Å²) >= 11 is 1.44. The Morgan fingerprint density at radius 2 is 1.93 bits per heavy atom. The van der Waals surface area contributed by atoms with Gasteiger partial charge in [-0.05, 0) is 58.7 Å². The molecule has 0 bridgehead atoms. The summed E-state index contributed by atoms with van der Waals surface area (Å²) in [6, 6.07) is 3.28. The zero-order chi connectivity index (χ0) is 19.8. The Hall–Kier alpha value is -2.25. The lowest BCUT2D eigenvalue weighted by molar-refractivity contribution is 0.0526. The summed E-state index contributed by atoms with van der Waals surface area (Å²) in [4.78, 5) is 30.4. The Labute approximate surface area is 163 Å². The molecule has 3 heterocycles. The SMILES string of the molecule is CCOC(=O)c1c(NC(=O)c2ccncc2)sc2c1CC(C)(C)NC2(C)C. The van der Waals surface area contributed by atoms with Crippen LogP contribution in [0.5, 0.6) is 0 Å². The van der Waals surface area contributed by atoms with Gasteiger partial charge in [0.25, 0.3) is 5.91 Å². The zero-order valence-electron chi connectivity index (χ0n) is 16.3. The molecular weight excluding hydrogens is 362 g/mol. The molecule has 0 saturated carbocycles. The fourth-order valence-electron chi connectivity index (χ4n) is 3.71. The topological polar surface area (TPSA) is 80.3 Å². The van der Waals surface area contributed by atoms with Crippen molar-refractivity contribution in [2.45, 2.75) is 52.1 Å². The molecule has 0 atom stereocenters. The van der Waals surface area contributed by atoms with Crippen LogP contribution < -0.4 is 10.6 Å². The summed E-state index contributed by atoms with van der Waals surface area (Å²) in [6.07, 6.45) is 3.81. The van der Waals surface area contributed by atoms with Crippen molar-refractivity contribution in [1.82, 2.24) is 10.3 Å². The van der Waals surface area contributed by atoms with Gasteiger partial charge in [0, 0.05) is 33.9 Å². The number of aromatic nitrogens is 1. The predicted octanol–water partition coefficient (Wildman–Crippen LogP) is 3.73. The first-order valence-corrected chi connectivity index (χ1v) is 9.80. The van der Waals surface area contributed by atoms with Gasteiger partial charge in [-0.3, -0.25) is 9.78 Å². The van der Waals surface area contributed by atoms with E-state index in [4.69, 9.17) is 4.74 Å². The molecule has 2 aromatic heterocycles. The Balaban J connectivity index is 2.07. The summed E-state index contributed by atoms with van der Waals surface area (Å²) in [6.45, 7) is 10.5. The van der Waals surface area contributed by atoms with Crippen LogP contribution in [0.2, 0.25) is 0 Å². The average molecular weight is 388 g/mol. The van der Waals surface area contributed by atoms with E-state index in [0.29, 0.717) is 22.5 Å². The molecule has 6 nitrogen and oxygen atoms in total. The van der Waals surface area contributed by atoms with E-state index in [0.717, 1.165) is 10.4 Å². The van der Waals surface area contributed by atoms with Crippen LogP contribution >= 0.6 is 11.3 Å². The van der Waals surface area contributed by atoms with Crippen molar-refractivity contribution in [1.29, 1.82) is 0 Å². The van der Waals surface area contributed by atoms with Crippen LogP contribution in [-0.2, 0) is 16.7 Å². The van der Waals surface area contributed by atoms with Gasteiger partial charge >= 0.3 is 5.97 Å². The van der Waals surface area contributed by atoms with Crippen molar-refractivity contribution in [2.75, 3.05) is 11.9 Å². The van der Waals surface area contributed by atoms with Crippen LogP contribution in [0.15, 0.2) is 24.5 Å². The molecule has 0 fully saturated rings. The Kier molecular flexibility index (Phi) is 5.10. The molecule has 144 valence electrons. The molecule has 27 heavy (non-hydrogen) atoms. The third-order valence-corrected chi connectivity index (χ3v) is 5.96. The summed E-state index contributed by atoms with van der Waals surface area (Å²) in [7, 11) is 0. The van der Waals surface area contributed by atoms with Crippen LogP contribution in [-0.4, -0.2) is 29.0 Å². The minimum atomic E-state index is -0.395. The highest BCUT2D eigenvalue weighted by Crippen LogP contribution is 2.45. The Morgan fingerprint density at radius 1 is 1.26 bits per heavy atom. The zero-order valence-corrected chi connectivity index (χ0v) is 17.1. The molecule has 1 aliphatic heterocycles. The average Bonchev–Trinajstić information content (AvgIpc) is 2.92. The molecule has 0 unspecified atom stereocenters. The number of nitrogens with one attached hydrogen (secondary N) is 2. The van der Waals surface area contributed by atoms with Crippen LogP contribution in [0.4, 0.5) is 5.00 Å². The van der Waals surface area contributed by atoms with E-state index in [9.17, 15) is 9.59 Å². The molecule has 1 amide bonds. The number of carbonyl (C=O) groups excluding carboxylic acids is 2. The third-order valence-electron chi connectivity index (χ3n) is 4.49.